The van der Waals surface area contributed by atoms with Crippen LogP contribution in [0.25, 0.3) is 0 Å². The summed E-state index contributed by atoms with van der Waals surface area (Å²) in [5.74, 6) is -0.635. The molecule has 0 spiro atoms. The number of amides is 1. The zero-order valence-corrected chi connectivity index (χ0v) is 11.0. The monoisotopic (exact) mass is 274 g/mol. The van der Waals surface area contributed by atoms with Gasteiger partial charge in [-0.1, -0.05) is 6.07 Å². The Morgan fingerprint density at radius 3 is 2.50 bits per heavy atom. The second-order valence-corrected chi connectivity index (χ2v) is 4.26. The van der Waals surface area contributed by atoms with Crippen molar-refractivity contribution in [3.05, 3.63) is 59.4 Å². The third kappa shape index (κ3) is 3.26. The van der Waals surface area contributed by atoms with Gasteiger partial charge in [-0.15, -0.1) is 0 Å². The van der Waals surface area contributed by atoms with E-state index in [1.54, 1.807) is 36.4 Å². The number of carbonyl (C=O) groups is 1. The molecular formula is C15H15FN2O2. The van der Waals surface area contributed by atoms with Crippen LogP contribution in [-0.4, -0.2) is 13.0 Å². The predicted octanol–water partition coefficient (Wildman–Crippen LogP) is 2.55. The van der Waals surface area contributed by atoms with Crippen LogP contribution in [-0.2, 0) is 6.54 Å². The van der Waals surface area contributed by atoms with Gasteiger partial charge < -0.3 is 15.8 Å². The number of nitrogens with one attached hydrogen (secondary N) is 1. The summed E-state index contributed by atoms with van der Waals surface area (Å²) in [7, 11) is 1.43. The highest BCUT2D eigenvalue weighted by molar-refractivity contribution is 5.93. The Balaban J connectivity index is 2.01. The SMILES string of the molecule is COc1ccc(CNc2ccc(C(N)=O)cc2)cc1F. The molecule has 0 aliphatic heterocycles. The maximum Gasteiger partial charge on any atom is 0.248 e. The van der Waals surface area contributed by atoms with Gasteiger partial charge >= 0.3 is 0 Å². The van der Waals surface area contributed by atoms with E-state index in [0.717, 1.165) is 11.3 Å². The Morgan fingerprint density at radius 2 is 1.95 bits per heavy atom. The van der Waals surface area contributed by atoms with E-state index >= 15 is 0 Å². The summed E-state index contributed by atoms with van der Waals surface area (Å²) < 4.78 is 18.4. The van der Waals surface area contributed by atoms with Crippen molar-refractivity contribution in [1.82, 2.24) is 0 Å². The van der Waals surface area contributed by atoms with Gasteiger partial charge in [0.05, 0.1) is 7.11 Å². The van der Waals surface area contributed by atoms with Crippen LogP contribution in [0.15, 0.2) is 42.5 Å². The molecule has 3 N–H and O–H groups in total. The summed E-state index contributed by atoms with van der Waals surface area (Å²) in [4.78, 5) is 10.9. The van der Waals surface area contributed by atoms with Crippen molar-refractivity contribution in [2.45, 2.75) is 6.54 Å². The van der Waals surface area contributed by atoms with E-state index in [1.807, 2.05) is 0 Å². The zero-order chi connectivity index (χ0) is 14.5. The van der Waals surface area contributed by atoms with Gasteiger partial charge in [0.1, 0.15) is 0 Å². The second-order valence-electron chi connectivity index (χ2n) is 4.26. The van der Waals surface area contributed by atoms with Crippen LogP contribution in [0.5, 0.6) is 5.75 Å². The quantitative estimate of drug-likeness (QED) is 0.880. The molecule has 2 rings (SSSR count). The highest BCUT2D eigenvalue weighted by Crippen LogP contribution is 2.18. The zero-order valence-electron chi connectivity index (χ0n) is 11.0. The van der Waals surface area contributed by atoms with Gasteiger partial charge in [0.25, 0.3) is 0 Å². The van der Waals surface area contributed by atoms with Gasteiger partial charge in [0.2, 0.25) is 5.91 Å². The van der Waals surface area contributed by atoms with Crippen LogP contribution in [0.2, 0.25) is 0 Å². The largest absolute Gasteiger partial charge is 0.494 e. The second kappa shape index (κ2) is 6.06. The Hall–Kier alpha value is -2.56. The molecule has 0 atom stereocenters. The lowest BCUT2D eigenvalue weighted by molar-refractivity contribution is 0.100. The summed E-state index contributed by atoms with van der Waals surface area (Å²) >= 11 is 0. The smallest absolute Gasteiger partial charge is 0.248 e. The molecule has 0 saturated heterocycles. The topological polar surface area (TPSA) is 64.3 Å². The number of primary amides is 1. The molecule has 0 radical (unpaired) electrons. The first-order chi connectivity index (χ1) is 9.60. The minimum atomic E-state index is -0.464. The van der Waals surface area contributed by atoms with E-state index in [2.05, 4.69) is 5.32 Å². The number of rotatable bonds is 5. The van der Waals surface area contributed by atoms with Crippen molar-refractivity contribution in [2.75, 3.05) is 12.4 Å². The van der Waals surface area contributed by atoms with Crippen LogP contribution in [0.1, 0.15) is 15.9 Å². The summed E-state index contributed by atoms with van der Waals surface area (Å²) in [6.45, 7) is 0.469. The number of halogens is 1. The van der Waals surface area contributed by atoms with Crippen molar-refractivity contribution in [1.29, 1.82) is 0 Å². The van der Waals surface area contributed by atoms with Crippen molar-refractivity contribution in [3.63, 3.8) is 0 Å². The number of anilines is 1. The average Bonchev–Trinajstić information content (AvgIpc) is 2.45. The first kappa shape index (κ1) is 13.9. The van der Waals surface area contributed by atoms with Crippen molar-refractivity contribution in [3.8, 4) is 5.75 Å². The number of nitrogens with two attached hydrogens (primary N) is 1. The molecule has 2 aromatic carbocycles. The molecule has 1 amide bonds. The van der Waals surface area contributed by atoms with E-state index in [1.165, 1.54) is 13.2 Å². The van der Waals surface area contributed by atoms with Gasteiger partial charge in [-0.25, -0.2) is 4.39 Å². The molecule has 0 aromatic heterocycles. The van der Waals surface area contributed by atoms with E-state index in [0.29, 0.717) is 12.1 Å². The number of benzene rings is 2. The Labute approximate surface area is 116 Å². The first-order valence-corrected chi connectivity index (χ1v) is 6.06. The molecule has 104 valence electrons. The number of methoxy groups -OCH3 is 1. The highest BCUT2D eigenvalue weighted by atomic mass is 19.1. The molecule has 0 saturated carbocycles. The number of hydrogen-bond acceptors (Lipinski definition) is 3. The van der Waals surface area contributed by atoms with Crippen molar-refractivity contribution in [2.24, 2.45) is 5.73 Å². The van der Waals surface area contributed by atoms with Gasteiger partial charge in [-0.3, -0.25) is 4.79 Å². The fourth-order valence-corrected chi connectivity index (χ4v) is 1.78. The van der Waals surface area contributed by atoms with Crippen molar-refractivity contribution < 1.29 is 13.9 Å². The third-order valence-electron chi connectivity index (χ3n) is 2.88. The molecule has 4 nitrogen and oxygen atoms in total. The van der Waals surface area contributed by atoms with Crippen LogP contribution in [0.3, 0.4) is 0 Å². The van der Waals surface area contributed by atoms with E-state index < -0.39 is 11.7 Å². The van der Waals surface area contributed by atoms with Gasteiger partial charge in [-0.05, 0) is 42.0 Å². The molecule has 20 heavy (non-hydrogen) atoms. The number of ether oxygens (including phenoxy) is 1. The molecule has 0 unspecified atom stereocenters. The third-order valence-corrected chi connectivity index (χ3v) is 2.88. The summed E-state index contributed by atoms with van der Waals surface area (Å²) in [6, 6.07) is 11.6. The fourth-order valence-electron chi connectivity index (χ4n) is 1.78. The minimum Gasteiger partial charge on any atom is -0.494 e. The molecule has 0 bridgehead atoms. The number of carbonyl (C=O) groups excluding carboxylic acids is 1. The predicted molar refractivity (Wildman–Crippen MR) is 75.2 cm³/mol. The Kier molecular flexibility index (Phi) is 4.20. The molecule has 0 aliphatic carbocycles. The number of hydrogen-bond donors (Lipinski definition) is 2. The fraction of sp³-hybridized carbons (Fsp3) is 0.133. The minimum absolute atomic E-state index is 0.222. The molecule has 0 heterocycles. The van der Waals surface area contributed by atoms with Crippen LogP contribution in [0, 0.1) is 5.82 Å². The summed E-state index contributed by atoms with van der Waals surface area (Å²) in [5.41, 5.74) is 7.23. The Morgan fingerprint density at radius 1 is 1.25 bits per heavy atom. The first-order valence-electron chi connectivity index (χ1n) is 6.06. The van der Waals surface area contributed by atoms with Crippen molar-refractivity contribution >= 4 is 11.6 Å². The Bertz CT molecular complexity index is 612. The summed E-state index contributed by atoms with van der Waals surface area (Å²) in [6.07, 6.45) is 0. The maximum absolute atomic E-state index is 13.5. The van der Waals surface area contributed by atoms with Crippen LogP contribution >= 0.6 is 0 Å². The highest BCUT2D eigenvalue weighted by Gasteiger charge is 2.04. The molecule has 0 aliphatic rings. The maximum atomic E-state index is 13.5. The lowest BCUT2D eigenvalue weighted by atomic mass is 10.1. The lowest BCUT2D eigenvalue weighted by Gasteiger charge is -2.08. The molecule has 0 fully saturated rings. The van der Waals surface area contributed by atoms with Gasteiger partial charge in [0, 0.05) is 17.8 Å². The molecular weight excluding hydrogens is 259 g/mol. The van der Waals surface area contributed by atoms with Gasteiger partial charge in [-0.2, -0.15) is 0 Å². The molecule has 5 heteroatoms. The van der Waals surface area contributed by atoms with E-state index in [4.69, 9.17) is 10.5 Å². The van der Waals surface area contributed by atoms with Crippen LogP contribution < -0.4 is 15.8 Å². The lowest BCUT2D eigenvalue weighted by Crippen LogP contribution is -2.10. The molecule has 2 aromatic rings. The van der Waals surface area contributed by atoms with E-state index in [9.17, 15) is 9.18 Å². The van der Waals surface area contributed by atoms with Crippen LogP contribution in [0.4, 0.5) is 10.1 Å². The average molecular weight is 274 g/mol. The standard InChI is InChI=1S/C15H15FN2O2/c1-20-14-7-2-10(8-13(14)16)9-18-12-5-3-11(4-6-12)15(17)19/h2-8,18H,9H2,1H3,(H2,17,19). The normalized spacial score (nSPS) is 10.1. The summed E-state index contributed by atoms with van der Waals surface area (Å²) in [5, 5.41) is 3.13. The van der Waals surface area contributed by atoms with E-state index in [-0.39, 0.29) is 5.75 Å². The van der Waals surface area contributed by atoms with Gasteiger partial charge in [0.15, 0.2) is 11.6 Å².